The molecule has 0 saturated carbocycles. The van der Waals surface area contributed by atoms with Gasteiger partial charge in [0.25, 0.3) is 0 Å². The average molecular weight is 339 g/mol. The molecule has 1 aromatic heterocycles. The Kier molecular flexibility index (Phi) is 3.98. The van der Waals surface area contributed by atoms with Crippen LogP contribution in [0.1, 0.15) is 5.56 Å². The summed E-state index contributed by atoms with van der Waals surface area (Å²) in [6.45, 7) is 0. The number of H-pyrrole nitrogens is 1. The number of hydrogen-bond donors (Lipinski definition) is 2. The number of nitrogen functional groups attached to an aromatic ring is 1. The maximum Gasteiger partial charge on any atom is 0.339 e. The highest BCUT2D eigenvalue weighted by molar-refractivity contribution is 7.87. The summed E-state index contributed by atoms with van der Waals surface area (Å²) in [6, 6.07) is 16.4. The smallest absolute Gasteiger partial charge is 0.339 e. The van der Waals surface area contributed by atoms with Gasteiger partial charge in [0.2, 0.25) is 0 Å². The number of aromatic nitrogens is 1. The lowest BCUT2D eigenvalue weighted by molar-refractivity contribution is 0.487. The Morgan fingerprint density at radius 3 is 2.38 bits per heavy atom. The van der Waals surface area contributed by atoms with Crippen LogP contribution < -0.4 is 9.92 Å². The van der Waals surface area contributed by atoms with Crippen molar-refractivity contribution in [3.63, 3.8) is 0 Å². The fourth-order valence-corrected chi connectivity index (χ4v) is 3.26. The van der Waals surface area contributed by atoms with Gasteiger partial charge in [-0.25, -0.2) is 0 Å². The number of hydrogen-bond acceptors (Lipinski definition) is 5. The van der Waals surface area contributed by atoms with Gasteiger partial charge in [-0.3, -0.25) is 0 Å². The van der Waals surface area contributed by atoms with Crippen molar-refractivity contribution in [3.8, 4) is 22.9 Å². The number of anilines is 1. The predicted molar refractivity (Wildman–Crippen MR) is 89.6 cm³/mol. The third-order valence-corrected chi connectivity index (χ3v) is 4.68. The quantitative estimate of drug-likeness (QED) is 0.710. The lowest BCUT2D eigenvalue weighted by Gasteiger charge is -2.11. The first kappa shape index (κ1) is 15.6. The number of rotatable bonds is 4. The summed E-state index contributed by atoms with van der Waals surface area (Å²) in [5.41, 5.74) is 6.90. The molecule has 3 aromatic rings. The van der Waals surface area contributed by atoms with Gasteiger partial charge in [0.05, 0.1) is 0 Å². The Hall–Kier alpha value is -3.24. The Morgan fingerprint density at radius 1 is 1.00 bits per heavy atom. The van der Waals surface area contributed by atoms with Crippen molar-refractivity contribution >= 4 is 15.9 Å². The van der Waals surface area contributed by atoms with E-state index in [1.807, 2.05) is 6.07 Å². The fourth-order valence-electron chi connectivity index (χ4n) is 2.29. The maximum atomic E-state index is 12.4. The molecule has 1 heterocycles. The highest BCUT2D eigenvalue weighted by Gasteiger charge is 2.20. The van der Waals surface area contributed by atoms with E-state index in [2.05, 4.69) is 4.98 Å². The predicted octanol–water partition coefficient (Wildman–Crippen LogP) is 2.90. The van der Waals surface area contributed by atoms with Crippen molar-refractivity contribution in [3.05, 3.63) is 66.4 Å². The Labute approximate surface area is 139 Å². The molecule has 0 saturated heterocycles. The summed E-state index contributed by atoms with van der Waals surface area (Å²) in [7, 11) is -3.98. The number of nitriles is 1. The molecule has 0 aliphatic heterocycles. The number of aromatic amines is 1. The first-order valence-electron chi connectivity index (χ1n) is 6.99. The monoisotopic (exact) mass is 339 g/mol. The van der Waals surface area contributed by atoms with Crippen LogP contribution in [-0.2, 0) is 10.1 Å². The van der Waals surface area contributed by atoms with Crippen molar-refractivity contribution in [2.24, 2.45) is 0 Å². The summed E-state index contributed by atoms with van der Waals surface area (Å²) < 4.78 is 30.1. The van der Waals surface area contributed by atoms with Gasteiger partial charge in [-0.1, -0.05) is 36.4 Å². The molecule has 6 nitrogen and oxygen atoms in total. The van der Waals surface area contributed by atoms with Gasteiger partial charge in [0.1, 0.15) is 22.3 Å². The van der Waals surface area contributed by atoms with Crippen molar-refractivity contribution in [1.82, 2.24) is 4.98 Å². The number of nitrogens with zero attached hydrogens (tertiary/aromatic N) is 1. The highest BCUT2D eigenvalue weighted by Crippen LogP contribution is 2.35. The van der Waals surface area contributed by atoms with E-state index in [9.17, 15) is 13.7 Å². The molecule has 0 amide bonds. The molecule has 0 aliphatic rings. The van der Waals surface area contributed by atoms with Crippen LogP contribution in [0.15, 0.2) is 65.7 Å². The zero-order valence-electron chi connectivity index (χ0n) is 12.4. The molecular formula is C17H13N3O3S. The lowest BCUT2D eigenvalue weighted by atomic mass is 10.0. The molecule has 7 heteroatoms. The van der Waals surface area contributed by atoms with E-state index in [1.165, 1.54) is 18.2 Å². The molecule has 0 aliphatic carbocycles. The van der Waals surface area contributed by atoms with Crippen molar-refractivity contribution < 1.29 is 12.6 Å². The molecule has 0 bridgehead atoms. The van der Waals surface area contributed by atoms with Gasteiger partial charge < -0.3 is 14.9 Å². The van der Waals surface area contributed by atoms with Crippen LogP contribution in [0.25, 0.3) is 11.1 Å². The molecular weight excluding hydrogens is 326 g/mol. The molecule has 3 N–H and O–H groups in total. The van der Waals surface area contributed by atoms with Crippen LogP contribution >= 0.6 is 0 Å². The number of benzene rings is 2. The number of nitrogens with one attached hydrogen (secondary N) is 1. The van der Waals surface area contributed by atoms with Gasteiger partial charge in [0, 0.05) is 17.3 Å². The normalized spacial score (nSPS) is 11.0. The van der Waals surface area contributed by atoms with E-state index in [1.54, 1.807) is 42.6 Å². The van der Waals surface area contributed by atoms with Crippen LogP contribution in [0.5, 0.6) is 5.75 Å². The third-order valence-electron chi connectivity index (χ3n) is 3.43. The van der Waals surface area contributed by atoms with Crippen molar-refractivity contribution in [2.45, 2.75) is 4.90 Å². The summed E-state index contributed by atoms with van der Waals surface area (Å²) in [4.78, 5) is 2.81. The molecule has 0 radical (unpaired) electrons. The van der Waals surface area contributed by atoms with E-state index >= 15 is 0 Å². The second-order valence-electron chi connectivity index (χ2n) is 4.95. The van der Waals surface area contributed by atoms with E-state index < -0.39 is 10.1 Å². The fraction of sp³-hybridized carbons (Fsp3) is 0. The number of para-hydroxylation sites is 1. The second-order valence-corrected chi connectivity index (χ2v) is 6.50. The zero-order chi connectivity index (χ0) is 17.2. The second kappa shape index (κ2) is 6.10. The molecule has 0 fully saturated rings. The van der Waals surface area contributed by atoms with E-state index in [0.717, 1.165) is 0 Å². The van der Waals surface area contributed by atoms with Gasteiger partial charge in [-0.05, 0) is 18.2 Å². The minimum Gasteiger partial charge on any atom is -0.384 e. The SMILES string of the molecule is N#Cc1c(-c2ccccc2OS(=O)(=O)c2ccccc2)c[nH]c1N. The molecule has 24 heavy (non-hydrogen) atoms. The first-order valence-corrected chi connectivity index (χ1v) is 8.39. The molecule has 0 atom stereocenters. The van der Waals surface area contributed by atoms with Crippen LogP contribution in [-0.4, -0.2) is 13.4 Å². The summed E-state index contributed by atoms with van der Waals surface area (Å²) in [5.74, 6) is 0.338. The van der Waals surface area contributed by atoms with Crippen molar-refractivity contribution in [2.75, 3.05) is 5.73 Å². The van der Waals surface area contributed by atoms with Crippen LogP contribution in [0.4, 0.5) is 5.82 Å². The van der Waals surface area contributed by atoms with Gasteiger partial charge in [-0.15, -0.1) is 0 Å². The van der Waals surface area contributed by atoms with Crippen LogP contribution in [0.2, 0.25) is 0 Å². The molecule has 2 aromatic carbocycles. The van der Waals surface area contributed by atoms with E-state index in [-0.39, 0.29) is 22.0 Å². The first-order chi connectivity index (χ1) is 11.5. The Morgan fingerprint density at radius 2 is 1.67 bits per heavy atom. The molecule has 3 rings (SSSR count). The van der Waals surface area contributed by atoms with E-state index in [0.29, 0.717) is 11.1 Å². The summed E-state index contributed by atoms with van der Waals surface area (Å²) in [5, 5.41) is 9.24. The highest BCUT2D eigenvalue weighted by atomic mass is 32.2. The largest absolute Gasteiger partial charge is 0.384 e. The summed E-state index contributed by atoms with van der Waals surface area (Å²) in [6.07, 6.45) is 1.55. The van der Waals surface area contributed by atoms with Crippen molar-refractivity contribution in [1.29, 1.82) is 5.26 Å². The summed E-state index contributed by atoms with van der Waals surface area (Å²) >= 11 is 0. The van der Waals surface area contributed by atoms with Gasteiger partial charge in [-0.2, -0.15) is 13.7 Å². The standard InChI is InChI=1S/C17H13N3O3S/c18-10-14-15(11-20-17(14)19)13-8-4-5-9-16(13)23-24(21,22)12-6-2-1-3-7-12/h1-9,11,20H,19H2. The van der Waals surface area contributed by atoms with Crippen LogP contribution in [0.3, 0.4) is 0 Å². The Balaban J connectivity index is 2.07. The van der Waals surface area contributed by atoms with E-state index in [4.69, 9.17) is 9.92 Å². The Bertz CT molecular complexity index is 1020. The topological polar surface area (TPSA) is 109 Å². The molecule has 120 valence electrons. The minimum atomic E-state index is -3.98. The minimum absolute atomic E-state index is 0.0499. The number of nitrogens with two attached hydrogens (primary N) is 1. The maximum absolute atomic E-state index is 12.4. The van der Waals surface area contributed by atoms with Gasteiger partial charge in [0.15, 0.2) is 5.75 Å². The average Bonchev–Trinajstić information content (AvgIpc) is 2.96. The third kappa shape index (κ3) is 2.83. The van der Waals surface area contributed by atoms with Crippen LogP contribution in [0, 0.1) is 11.3 Å². The molecule has 0 spiro atoms. The van der Waals surface area contributed by atoms with Gasteiger partial charge >= 0.3 is 10.1 Å². The molecule has 0 unspecified atom stereocenters. The lowest BCUT2D eigenvalue weighted by Crippen LogP contribution is -2.10. The zero-order valence-corrected chi connectivity index (χ0v) is 13.2.